The quantitative estimate of drug-likeness (QED) is 0.258. The molecule has 3 spiro atoms. The van der Waals surface area contributed by atoms with Crippen LogP contribution < -0.4 is 5.32 Å². The Kier molecular flexibility index (Phi) is 12.7. The third-order valence-electron chi connectivity index (χ3n) is 27.3. The monoisotopic (exact) mass is 1070 g/mol. The predicted octanol–water partition coefficient (Wildman–Crippen LogP) is 14.4. The van der Waals surface area contributed by atoms with Crippen molar-refractivity contribution < 1.29 is 29.2 Å². The number of allylic oxidation sites excluding steroid dienone is 3. The fraction of sp³-hybridized carbons (Fsp3) is 0.732. The van der Waals surface area contributed by atoms with Crippen molar-refractivity contribution in [1.29, 1.82) is 0 Å². The number of nitrogens with one attached hydrogen (secondary N) is 1. The number of fused-ring (bicyclic) bond motifs is 15. The van der Waals surface area contributed by atoms with Gasteiger partial charge in [-0.15, -0.1) is 0 Å². The summed E-state index contributed by atoms with van der Waals surface area (Å²) >= 11 is 0. The number of aliphatic hydroxyl groups is 2. The first kappa shape index (κ1) is 53.7. The number of carbonyl (C=O) groups is 1. The van der Waals surface area contributed by atoms with Crippen LogP contribution in [0, 0.1) is 80.8 Å². The number of nitrogens with zero attached hydrogens (tertiary/aromatic N) is 1. The van der Waals surface area contributed by atoms with E-state index >= 15 is 0 Å². The number of hydrogen-bond donors (Lipinski definition) is 3. The molecule has 8 heteroatoms. The molecule has 10 fully saturated rings. The summed E-state index contributed by atoms with van der Waals surface area (Å²) in [5, 5.41) is 24.6. The van der Waals surface area contributed by atoms with Crippen molar-refractivity contribution in [2.75, 3.05) is 19.7 Å². The molecular weight excluding hydrogens is 977 g/mol. The number of rotatable bonds is 2. The lowest BCUT2D eigenvalue weighted by atomic mass is 9.56. The molecule has 1 amide bonds. The van der Waals surface area contributed by atoms with E-state index in [1.54, 1.807) is 22.3 Å². The number of carbonyl (C=O) groups excluding carboxylic acids is 1. The molecule has 4 aliphatic heterocycles. The summed E-state index contributed by atoms with van der Waals surface area (Å²) < 4.78 is 20.9. The number of piperidine rings is 2. The van der Waals surface area contributed by atoms with Gasteiger partial charge in [-0.3, -0.25) is 0 Å². The van der Waals surface area contributed by atoms with Crippen LogP contribution in [0.25, 0.3) is 11.1 Å². The van der Waals surface area contributed by atoms with E-state index in [1.807, 2.05) is 0 Å². The van der Waals surface area contributed by atoms with E-state index in [2.05, 4.69) is 126 Å². The number of aliphatic hydroxyl groups excluding tert-OH is 2. The molecular formula is C71H98N2O6. The molecule has 2 unspecified atom stereocenters. The summed E-state index contributed by atoms with van der Waals surface area (Å²) in [5.74, 6) is 6.64. The zero-order valence-corrected chi connectivity index (χ0v) is 48.7. The Morgan fingerprint density at radius 3 is 2.08 bits per heavy atom. The fourth-order valence-electron chi connectivity index (χ4n) is 23.3. The summed E-state index contributed by atoms with van der Waals surface area (Å²) in [6.45, 7) is 21.9. The normalized spacial score (nSPS) is 49.1. The van der Waals surface area contributed by atoms with Gasteiger partial charge in [-0.05, 0) is 214 Å². The van der Waals surface area contributed by atoms with Crippen LogP contribution in [0.2, 0.25) is 0 Å². The Labute approximate surface area is 474 Å². The topological polar surface area (TPSA) is 100 Å². The van der Waals surface area contributed by atoms with Gasteiger partial charge in [0, 0.05) is 35.8 Å². The third kappa shape index (κ3) is 7.36. The second kappa shape index (κ2) is 18.6. The molecule has 2 aromatic carbocycles. The highest BCUT2D eigenvalue weighted by atomic mass is 16.6. The Bertz CT molecular complexity index is 2830. The average molecular weight is 1080 g/mol. The molecule has 8 nitrogen and oxygen atoms in total. The van der Waals surface area contributed by atoms with Gasteiger partial charge in [0.05, 0.1) is 41.7 Å². The molecule has 0 radical (unpaired) electrons. The molecule has 10 aliphatic carbocycles. The van der Waals surface area contributed by atoms with E-state index in [-0.39, 0.29) is 71.7 Å². The van der Waals surface area contributed by atoms with Crippen LogP contribution in [0.1, 0.15) is 189 Å². The van der Waals surface area contributed by atoms with Crippen molar-refractivity contribution in [3.8, 4) is 11.1 Å². The maximum absolute atomic E-state index is 14.2. The van der Waals surface area contributed by atoms with Gasteiger partial charge < -0.3 is 34.6 Å². The molecule has 16 rings (SSSR count). The van der Waals surface area contributed by atoms with E-state index in [9.17, 15) is 15.0 Å². The summed E-state index contributed by atoms with van der Waals surface area (Å²) in [7, 11) is 0. The Hall–Kier alpha value is -3.27. The maximum atomic E-state index is 14.2. The number of likely N-dealkylation sites (tertiary alicyclic amines) is 1. The largest absolute Gasteiger partial charge is 0.448 e. The highest BCUT2D eigenvalue weighted by Gasteiger charge is 2.85. The van der Waals surface area contributed by atoms with Gasteiger partial charge in [-0.2, -0.15) is 0 Å². The van der Waals surface area contributed by atoms with Gasteiger partial charge in [-0.25, -0.2) is 4.79 Å². The lowest BCUT2D eigenvalue weighted by Crippen LogP contribution is -2.56. The van der Waals surface area contributed by atoms with Gasteiger partial charge >= 0.3 is 6.09 Å². The molecule has 2 aromatic rings. The highest BCUT2D eigenvalue weighted by molar-refractivity contribution is 5.79. The van der Waals surface area contributed by atoms with E-state index in [4.69, 9.17) is 14.2 Å². The molecule has 6 saturated carbocycles. The van der Waals surface area contributed by atoms with Crippen molar-refractivity contribution >= 4 is 6.09 Å². The summed E-state index contributed by atoms with van der Waals surface area (Å²) in [4.78, 5) is 16.3. The van der Waals surface area contributed by atoms with Crippen molar-refractivity contribution in [2.45, 2.75) is 226 Å². The number of benzene rings is 2. The van der Waals surface area contributed by atoms with Gasteiger partial charge in [0.2, 0.25) is 0 Å². The molecule has 0 bridgehead atoms. The number of hydrogen-bond acceptors (Lipinski definition) is 7. The van der Waals surface area contributed by atoms with E-state index in [1.165, 1.54) is 86.5 Å². The fourth-order valence-corrected chi connectivity index (χ4v) is 23.3. The van der Waals surface area contributed by atoms with Gasteiger partial charge in [0.25, 0.3) is 0 Å². The Morgan fingerprint density at radius 2 is 1.38 bits per heavy atom. The van der Waals surface area contributed by atoms with Crippen molar-refractivity contribution in [1.82, 2.24) is 10.2 Å². The summed E-state index contributed by atoms with van der Waals surface area (Å²) in [5.41, 5.74) is 12.4. The summed E-state index contributed by atoms with van der Waals surface area (Å²) in [6, 6.07) is 17.8. The van der Waals surface area contributed by atoms with Crippen LogP contribution in [0.15, 0.2) is 83.0 Å². The van der Waals surface area contributed by atoms with Crippen LogP contribution in [0.3, 0.4) is 0 Å². The minimum atomic E-state index is -0.182. The van der Waals surface area contributed by atoms with Crippen LogP contribution in [-0.4, -0.2) is 88.6 Å². The third-order valence-corrected chi connectivity index (χ3v) is 27.3. The molecule has 79 heavy (non-hydrogen) atoms. The molecule has 4 saturated heterocycles. The standard InChI is InChI=1S/C43H53NO4.C27H41NO2.CH4/c1-25-19-37-38(44(22-25)39(46)47-23-34-31-11-7-5-9-29(31)30-10-6-8-12-32(30)34)26(2)43(48-37)18-16-35-33-14-13-27-20-28(45)15-17-40(27,3)36(33)21-42(35)24-41(42,43)4;1-15-11-24-25(28-14-15)17(3)27(30-24)10-8-20-21-6-5-18-12-19(29)7-9-26(18,4)23(21)13-22(20)16(27)2;/h5-13,25-26,28,33-38,45H,14-24H2,1-4H3;5,15,17,19-21,23-25,28-29H,6-14H2,1-4H3;1H4/t25-,26+,28-,33-,35-,36-,37+,38-,40-,41?,42?,43+;15-,17+,19-,20-,21-,23-,24+,25-,26-,27-;/m00./s1. The molecule has 14 aliphatic rings. The molecule has 22 atom stereocenters. The first-order valence-electron chi connectivity index (χ1n) is 32.1. The lowest BCUT2D eigenvalue weighted by molar-refractivity contribution is -0.147. The van der Waals surface area contributed by atoms with E-state index < -0.39 is 0 Å². The second-order valence-corrected chi connectivity index (χ2v) is 30.3. The van der Waals surface area contributed by atoms with Gasteiger partial charge in [0.15, 0.2) is 0 Å². The molecule has 0 aromatic heterocycles. The first-order valence-corrected chi connectivity index (χ1v) is 32.1. The van der Waals surface area contributed by atoms with Crippen LogP contribution in [0.5, 0.6) is 0 Å². The highest BCUT2D eigenvalue weighted by Crippen LogP contribution is 2.87. The Balaban J connectivity index is 0.000000157. The SMILES string of the molecule is C.CC1=C2C[C@H]3[C@@H](CC=C4C[C@@H](O)CC[C@@]43C)[C@@H]2CC[C@]12O[C@@H]1C[C@H](C)CN[C@H]1[C@H]2C.C[C@H]1C[C@H]2O[C@]3(CC[C@H]4[C@@H]5CC=C6C[C@@H](O)CC[C@]6(C)[C@H]5CC45CC53C)[C@H](C)[C@@H]2N(C(=O)OCC2c3ccccc3-c3ccccc32)C1. The minimum absolute atomic E-state index is 0. The average Bonchev–Trinajstić information content (AvgIpc) is 1.93. The number of amides is 1. The van der Waals surface area contributed by atoms with Crippen molar-refractivity contribution in [3.05, 3.63) is 94.1 Å². The maximum Gasteiger partial charge on any atom is 0.410 e. The summed E-state index contributed by atoms with van der Waals surface area (Å²) in [6.07, 6.45) is 24.6. The van der Waals surface area contributed by atoms with Crippen LogP contribution in [0.4, 0.5) is 4.79 Å². The number of ether oxygens (including phenoxy) is 3. The lowest BCUT2D eigenvalue weighted by Gasteiger charge is -2.50. The smallest absolute Gasteiger partial charge is 0.410 e. The Morgan fingerprint density at radius 1 is 0.734 bits per heavy atom. The minimum Gasteiger partial charge on any atom is -0.448 e. The zero-order valence-electron chi connectivity index (χ0n) is 48.7. The van der Waals surface area contributed by atoms with Crippen LogP contribution >= 0.6 is 0 Å². The zero-order chi connectivity index (χ0) is 53.6. The molecule has 428 valence electrons. The van der Waals surface area contributed by atoms with Crippen molar-refractivity contribution in [3.63, 3.8) is 0 Å². The molecule has 3 N–H and O–H groups in total. The van der Waals surface area contributed by atoms with E-state index in [0.717, 1.165) is 99.5 Å². The second-order valence-electron chi connectivity index (χ2n) is 30.3. The van der Waals surface area contributed by atoms with Gasteiger partial charge in [-0.1, -0.05) is 133 Å². The van der Waals surface area contributed by atoms with Crippen LogP contribution in [-0.2, 0) is 14.2 Å². The first-order chi connectivity index (χ1) is 37.4. The molecule has 4 heterocycles. The van der Waals surface area contributed by atoms with Crippen molar-refractivity contribution in [2.24, 2.45) is 80.8 Å². The predicted molar refractivity (Wildman–Crippen MR) is 313 cm³/mol. The van der Waals surface area contributed by atoms with Gasteiger partial charge in [0.1, 0.15) is 6.61 Å². The van der Waals surface area contributed by atoms with E-state index in [0.29, 0.717) is 41.4 Å².